The van der Waals surface area contributed by atoms with Gasteiger partial charge in [0.05, 0.1) is 17.1 Å². The molecule has 1 aromatic rings. The molecule has 1 aromatic carbocycles. The van der Waals surface area contributed by atoms with E-state index in [0.29, 0.717) is 23.4 Å². The molecule has 6 heteroatoms. The smallest absolute Gasteiger partial charge is 0.226 e. The Labute approximate surface area is 155 Å². The van der Waals surface area contributed by atoms with Crippen LogP contribution in [0.15, 0.2) is 12.1 Å². The van der Waals surface area contributed by atoms with Crippen molar-refractivity contribution in [2.24, 2.45) is 17.3 Å². The van der Waals surface area contributed by atoms with E-state index < -0.39 is 5.41 Å². The van der Waals surface area contributed by atoms with Crippen LogP contribution < -0.4 is 16.4 Å². The van der Waals surface area contributed by atoms with E-state index in [1.165, 1.54) is 0 Å². The molecule has 1 rings (SSSR count). The number of hydrogen-bond acceptors (Lipinski definition) is 4. The average Bonchev–Trinajstić information content (AvgIpc) is 2.56. The number of nitrogen functional groups attached to an aromatic ring is 1. The van der Waals surface area contributed by atoms with E-state index in [4.69, 9.17) is 5.73 Å². The second-order valence-corrected chi connectivity index (χ2v) is 7.84. The van der Waals surface area contributed by atoms with Gasteiger partial charge in [0.25, 0.3) is 0 Å². The van der Waals surface area contributed by atoms with Crippen molar-refractivity contribution in [3.63, 3.8) is 0 Å². The Morgan fingerprint density at radius 1 is 0.962 bits per heavy atom. The number of carbonyl (C=O) groups excluding carboxylic acids is 3. The highest BCUT2D eigenvalue weighted by atomic mass is 16.2. The number of Topliss-reactive ketones (excluding diaryl/α,β-unsaturated/α-hetero) is 1. The first kappa shape index (κ1) is 21.7. The van der Waals surface area contributed by atoms with E-state index in [0.717, 1.165) is 0 Å². The predicted octanol–water partition coefficient (Wildman–Crippen LogP) is 4.08. The zero-order chi connectivity index (χ0) is 20.2. The van der Waals surface area contributed by atoms with Crippen molar-refractivity contribution in [1.82, 2.24) is 0 Å². The molecule has 0 heterocycles. The zero-order valence-electron chi connectivity index (χ0n) is 16.8. The van der Waals surface area contributed by atoms with E-state index in [1.54, 1.807) is 39.8 Å². The Kier molecular flexibility index (Phi) is 6.95. The number of carbonyl (C=O) groups is 3. The summed E-state index contributed by atoms with van der Waals surface area (Å²) in [6.07, 6.45) is 0.664. The summed E-state index contributed by atoms with van der Waals surface area (Å²) in [5.74, 6) is -0.974. The van der Waals surface area contributed by atoms with Gasteiger partial charge in [0.15, 0.2) is 5.78 Å². The summed E-state index contributed by atoms with van der Waals surface area (Å²) in [5.41, 5.74) is 6.90. The van der Waals surface area contributed by atoms with Gasteiger partial charge in [-0.25, -0.2) is 0 Å². The Hall–Kier alpha value is -2.37. The number of nitrogens with two attached hydrogens (primary N) is 1. The lowest BCUT2D eigenvalue weighted by Gasteiger charge is -2.23. The van der Waals surface area contributed by atoms with E-state index in [1.807, 2.05) is 20.8 Å². The molecule has 144 valence electrons. The molecule has 0 bridgehead atoms. The van der Waals surface area contributed by atoms with Gasteiger partial charge in [-0.3, -0.25) is 14.4 Å². The van der Waals surface area contributed by atoms with Crippen LogP contribution in [0.4, 0.5) is 17.1 Å². The summed E-state index contributed by atoms with van der Waals surface area (Å²) in [5, 5.41) is 5.50. The predicted molar refractivity (Wildman–Crippen MR) is 106 cm³/mol. The number of benzene rings is 1. The number of anilines is 3. The first-order chi connectivity index (χ1) is 11.9. The van der Waals surface area contributed by atoms with Gasteiger partial charge in [-0.05, 0) is 18.6 Å². The summed E-state index contributed by atoms with van der Waals surface area (Å²) in [4.78, 5) is 37.1. The SMILES string of the molecule is CCC(C)(C)C(=O)c1cc(NC(=O)C(C)C)c(N)c(NC(=O)C(C)C)c1. The van der Waals surface area contributed by atoms with Crippen LogP contribution in [-0.2, 0) is 9.59 Å². The van der Waals surface area contributed by atoms with Gasteiger partial charge in [-0.2, -0.15) is 0 Å². The van der Waals surface area contributed by atoms with Crippen LogP contribution in [0.3, 0.4) is 0 Å². The highest BCUT2D eigenvalue weighted by Gasteiger charge is 2.28. The third kappa shape index (κ3) is 5.07. The van der Waals surface area contributed by atoms with E-state index in [2.05, 4.69) is 10.6 Å². The van der Waals surface area contributed by atoms with Crippen LogP contribution in [0.1, 0.15) is 65.2 Å². The Bertz CT molecular complexity index is 663. The van der Waals surface area contributed by atoms with Crippen molar-refractivity contribution in [2.75, 3.05) is 16.4 Å². The Balaban J connectivity index is 3.44. The number of hydrogen-bond donors (Lipinski definition) is 3. The normalized spacial score (nSPS) is 11.6. The van der Waals surface area contributed by atoms with E-state index >= 15 is 0 Å². The van der Waals surface area contributed by atoms with Crippen molar-refractivity contribution >= 4 is 34.7 Å². The fourth-order valence-electron chi connectivity index (χ4n) is 2.10. The molecule has 0 fully saturated rings. The van der Waals surface area contributed by atoms with Gasteiger partial charge in [0.2, 0.25) is 11.8 Å². The van der Waals surface area contributed by atoms with Gasteiger partial charge in [-0.15, -0.1) is 0 Å². The van der Waals surface area contributed by atoms with E-state index in [-0.39, 0.29) is 35.1 Å². The second kappa shape index (κ2) is 8.34. The standard InChI is InChI=1S/C20H31N3O3/c1-8-20(6,7)17(24)13-9-14(22-18(25)11(2)3)16(21)15(10-13)23-19(26)12(4)5/h9-12H,8,21H2,1-7H3,(H,22,25)(H,23,26). The van der Waals surface area contributed by atoms with E-state index in [9.17, 15) is 14.4 Å². The minimum absolute atomic E-state index is 0.0694. The topological polar surface area (TPSA) is 101 Å². The fraction of sp³-hybridized carbons (Fsp3) is 0.550. The quantitative estimate of drug-likeness (QED) is 0.503. The summed E-state index contributed by atoms with van der Waals surface area (Å²) in [6, 6.07) is 3.17. The molecular weight excluding hydrogens is 330 g/mol. The maximum Gasteiger partial charge on any atom is 0.226 e. The van der Waals surface area contributed by atoms with Crippen molar-refractivity contribution < 1.29 is 14.4 Å². The molecule has 2 amide bonds. The average molecular weight is 361 g/mol. The maximum absolute atomic E-state index is 12.9. The third-order valence-corrected chi connectivity index (χ3v) is 4.51. The van der Waals surface area contributed by atoms with Crippen LogP contribution in [0, 0.1) is 17.3 Å². The number of rotatable bonds is 7. The lowest BCUT2D eigenvalue weighted by molar-refractivity contribution is -0.119. The van der Waals surface area contributed by atoms with Crippen LogP contribution in [-0.4, -0.2) is 17.6 Å². The number of amides is 2. The van der Waals surface area contributed by atoms with Crippen molar-refractivity contribution in [3.05, 3.63) is 17.7 Å². The molecule has 0 aliphatic rings. The van der Waals surface area contributed by atoms with Crippen molar-refractivity contribution in [1.29, 1.82) is 0 Å². The van der Waals surface area contributed by atoms with Crippen molar-refractivity contribution in [2.45, 2.75) is 54.9 Å². The van der Waals surface area contributed by atoms with Crippen LogP contribution in [0.25, 0.3) is 0 Å². The van der Waals surface area contributed by atoms with Gasteiger partial charge in [0.1, 0.15) is 0 Å². The second-order valence-electron chi connectivity index (χ2n) is 7.84. The first-order valence-electron chi connectivity index (χ1n) is 9.00. The number of nitrogens with one attached hydrogen (secondary N) is 2. The summed E-state index contributed by atoms with van der Waals surface area (Å²) in [7, 11) is 0. The molecule has 0 aromatic heterocycles. The van der Waals surface area contributed by atoms with Crippen LogP contribution >= 0.6 is 0 Å². The molecule has 0 aliphatic carbocycles. The maximum atomic E-state index is 12.9. The third-order valence-electron chi connectivity index (χ3n) is 4.51. The molecule has 0 aliphatic heterocycles. The molecular formula is C20H31N3O3. The number of ketones is 1. The minimum atomic E-state index is -0.561. The van der Waals surface area contributed by atoms with Gasteiger partial charge in [-0.1, -0.05) is 48.5 Å². The monoisotopic (exact) mass is 361 g/mol. The molecule has 0 radical (unpaired) electrons. The lowest BCUT2D eigenvalue weighted by atomic mass is 9.81. The van der Waals surface area contributed by atoms with Gasteiger partial charge >= 0.3 is 0 Å². The molecule has 0 saturated carbocycles. The first-order valence-corrected chi connectivity index (χ1v) is 9.00. The highest BCUT2D eigenvalue weighted by Crippen LogP contribution is 2.34. The van der Waals surface area contributed by atoms with Crippen LogP contribution in [0.2, 0.25) is 0 Å². The summed E-state index contributed by atoms with van der Waals surface area (Å²) < 4.78 is 0. The Morgan fingerprint density at radius 2 is 1.35 bits per heavy atom. The molecule has 0 atom stereocenters. The fourth-order valence-corrected chi connectivity index (χ4v) is 2.10. The highest BCUT2D eigenvalue weighted by molar-refractivity contribution is 6.07. The molecule has 4 N–H and O–H groups in total. The van der Waals surface area contributed by atoms with Gasteiger partial charge in [0, 0.05) is 22.8 Å². The largest absolute Gasteiger partial charge is 0.395 e. The molecule has 6 nitrogen and oxygen atoms in total. The lowest BCUT2D eigenvalue weighted by Crippen LogP contribution is -2.25. The minimum Gasteiger partial charge on any atom is -0.395 e. The van der Waals surface area contributed by atoms with Crippen LogP contribution in [0.5, 0.6) is 0 Å². The Morgan fingerprint density at radius 3 is 1.65 bits per heavy atom. The van der Waals surface area contributed by atoms with Gasteiger partial charge < -0.3 is 16.4 Å². The molecule has 26 heavy (non-hydrogen) atoms. The summed E-state index contributed by atoms with van der Waals surface area (Å²) >= 11 is 0. The summed E-state index contributed by atoms with van der Waals surface area (Å²) in [6.45, 7) is 12.7. The molecule has 0 unspecified atom stereocenters. The molecule has 0 spiro atoms. The van der Waals surface area contributed by atoms with Crippen molar-refractivity contribution in [3.8, 4) is 0 Å². The zero-order valence-corrected chi connectivity index (χ0v) is 16.8. The molecule has 0 saturated heterocycles.